The lowest BCUT2D eigenvalue weighted by atomic mass is 9.77. The van der Waals surface area contributed by atoms with E-state index in [4.69, 9.17) is 61.2 Å². The van der Waals surface area contributed by atoms with Crippen molar-refractivity contribution in [3.8, 4) is 22.3 Å². The van der Waals surface area contributed by atoms with Gasteiger partial charge in [-0.15, -0.1) is 11.6 Å². The summed E-state index contributed by atoms with van der Waals surface area (Å²) in [6.45, 7) is 22.0. The smallest absolute Gasteiger partial charge is 0.399 e. The Bertz CT molecular complexity index is 3950. The molecule has 0 spiro atoms. The number of ether oxygens (including phenoxy) is 2. The predicted molar refractivity (Wildman–Crippen MR) is 323 cm³/mol. The molecule has 3 aliphatic rings. The maximum atomic E-state index is 6.29. The third kappa shape index (κ3) is 12.5. The van der Waals surface area contributed by atoms with Crippen LogP contribution in [0.4, 0.5) is 17.1 Å². The van der Waals surface area contributed by atoms with Crippen molar-refractivity contribution in [1.29, 1.82) is 0 Å². The van der Waals surface area contributed by atoms with E-state index >= 15 is 0 Å². The summed E-state index contributed by atoms with van der Waals surface area (Å²) in [6, 6.07) is 28.5. The van der Waals surface area contributed by atoms with Gasteiger partial charge in [-0.3, -0.25) is 0 Å². The lowest BCUT2D eigenvalue weighted by Gasteiger charge is -2.32. The zero-order valence-electron chi connectivity index (χ0n) is 47.4. The molecule has 3 saturated heterocycles. The molecule has 82 heavy (non-hydrogen) atoms. The Labute approximate surface area is 487 Å². The Morgan fingerprint density at radius 1 is 0.598 bits per heavy atom. The third-order valence-electron chi connectivity index (χ3n) is 14.9. The number of imidazole rings is 3. The van der Waals surface area contributed by atoms with Crippen LogP contribution in [0.15, 0.2) is 122 Å². The molecule has 0 amide bonds. The van der Waals surface area contributed by atoms with E-state index in [0.29, 0.717) is 29.0 Å². The fourth-order valence-corrected chi connectivity index (χ4v) is 10.3. The number of hydrogen-bond acceptors (Lipinski definition) is 16. The van der Waals surface area contributed by atoms with Gasteiger partial charge >= 0.3 is 7.12 Å². The van der Waals surface area contributed by atoms with Crippen molar-refractivity contribution in [2.24, 2.45) is 0 Å². The molecular formula is C60H65BBrClN12O7. The summed E-state index contributed by atoms with van der Waals surface area (Å²) in [6.07, 6.45) is 5.76. The summed E-state index contributed by atoms with van der Waals surface area (Å²) in [5.41, 5.74) is 36.9. The van der Waals surface area contributed by atoms with Gasteiger partial charge in [0.15, 0.2) is 0 Å². The quantitative estimate of drug-likeness (QED) is 0.0409. The second kappa shape index (κ2) is 23.6. The normalized spacial score (nSPS) is 16.4. The van der Waals surface area contributed by atoms with Gasteiger partial charge in [0.2, 0.25) is 0 Å². The zero-order valence-corrected chi connectivity index (χ0v) is 49.7. The van der Waals surface area contributed by atoms with Crippen LogP contribution in [-0.2, 0) is 31.2 Å². The monoisotopic (exact) mass is 1190 g/mol. The van der Waals surface area contributed by atoms with Crippen LogP contribution in [0.3, 0.4) is 0 Å². The second-order valence-electron chi connectivity index (χ2n) is 21.4. The number of anilines is 3. The molecule has 3 aliphatic heterocycles. The van der Waals surface area contributed by atoms with Gasteiger partial charge in [-0.1, -0.05) is 79.9 Å². The van der Waals surface area contributed by atoms with Crippen molar-refractivity contribution in [3.05, 3.63) is 165 Å². The topological polar surface area (TPSA) is 275 Å². The average molecular weight is 1190 g/mol. The Hall–Kier alpha value is -7.79. The lowest BCUT2D eigenvalue weighted by molar-refractivity contribution is 0.00578. The van der Waals surface area contributed by atoms with E-state index in [2.05, 4.69) is 103 Å². The number of benzene rings is 5. The van der Waals surface area contributed by atoms with Crippen LogP contribution in [0.25, 0.3) is 55.4 Å². The molecule has 0 bridgehead atoms. The maximum absolute atomic E-state index is 6.29. The highest BCUT2D eigenvalue weighted by Gasteiger charge is 2.53. The van der Waals surface area contributed by atoms with Crippen molar-refractivity contribution in [2.45, 2.75) is 105 Å². The molecule has 5 aromatic carbocycles. The molecule has 0 radical (unpaired) electrons. The molecular weight excluding hydrogens is 1130 g/mol. The first-order chi connectivity index (χ1) is 39.2. The molecule has 2 atom stereocenters. The number of halogens is 2. The minimum atomic E-state index is -0.378. The molecule has 14 rings (SSSR count). The van der Waals surface area contributed by atoms with Crippen LogP contribution in [-0.4, -0.2) is 76.5 Å². The third-order valence-corrected chi connectivity index (χ3v) is 15.7. The molecule has 8 N–H and O–H groups in total. The van der Waals surface area contributed by atoms with E-state index in [-0.39, 0.29) is 24.4 Å². The summed E-state index contributed by atoms with van der Waals surface area (Å²) < 4.78 is 41.1. The number of alkyl halides is 1. The van der Waals surface area contributed by atoms with Gasteiger partial charge in [-0.05, 0) is 139 Å². The molecule has 2 unspecified atom stereocenters. The molecule has 9 heterocycles. The highest BCUT2D eigenvalue weighted by Crippen LogP contribution is 2.38. The van der Waals surface area contributed by atoms with Crippen LogP contribution in [0.1, 0.15) is 96.5 Å². The number of nitrogens with two attached hydrogens (primary N) is 3. The summed E-state index contributed by atoms with van der Waals surface area (Å²) >= 11 is 8.98. The summed E-state index contributed by atoms with van der Waals surface area (Å²) in [7, 11) is -0.378. The van der Waals surface area contributed by atoms with E-state index in [0.717, 1.165) is 125 Å². The number of aromatic amines is 2. The fraction of sp³-hybridized carbons (Fsp3) is 0.300. The first-order valence-corrected chi connectivity index (χ1v) is 28.0. The lowest BCUT2D eigenvalue weighted by Crippen LogP contribution is -2.41. The number of fused-ring (bicyclic) bond motifs is 3. The van der Waals surface area contributed by atoms with E-state index in [1.165, 1.54) is 16.7 Å². The van der Waals surface area contributed by atoms with Gasteiger partial charge < -0.3 is 64.1 Å². The molecule has 22 heteroatoms. The average Bonchev–Trinajstić information content (AvgIpc) is 4.18. The fourth-order valence-electron chi connectivity index (χ4n) is 9.64. The predicted octanol–water partition coefficient (Wildman–Crippen LogP) is 12.4. The number of nitrogens with one attached hydrogen (secondary N) is 2. The molecule has 0 saturated carbocycles. The van der Waals surface area contributed by atoms with E-state index in [1.807, 2.05) is 118 Å². The summed E-state index contributed by atoms with van der Waals surface area (Å²) in [5.74, 6) is 2.93. The minimum Gasteiger partial charge on any atom is -0.399 e. The number of H-pyrrole nitrogens is 2. The summed E-state index contributed by atoms with van der Waals surface area (Å²) in [4.78, 5) is 18.8. The summed E-state index contributed by atoms with van der Waals surface area (Å²) in [5, 5.41) is 11.9. The minimum absolute atomic E-state index is 0.283. The van der Waals surface area contributed by atoms with Gasteiger partial charge in [0.1, 0.15) is 46.0 Å². The van der Waals surface area contributed by atoms with Crippen LogP contribution < -0.4 is 22.7 Å². The van der Waals surface area contributed by atoms with E-state index < -0.39 is 0 Å². The van der Waals surface area contributed by atoms with Gasteiger partial charge in [-0.25, -0.2) is 15.0 Å². The molecule has 11 aromatic rings. The standard InChI is InChI=1S/C21H20N4O2.C12H12N4O.C11H18BNO3.C9H9ClO.C7H6BrN3/c1-12-20(13(2)27-24-12)16-7-17(22)21-18(8-16)25(11-23-21)9-14-3-5-15(6-4-14)19-10-26-19;1-6-11(7(2)17-16-6)8-3-9(13)12-10(4-8)14-5-15-12;1-7-9(8(2)14-13-7)12-15-10(3,4)11(5,6)16-12;10-5-7-1-3-8(4-2-7)9-6-11-9;8-4-1-5(9)7-6(2-4)10-3-11-7/h3-8,11,19H,9-10,22H2,1-2H3;3-5H,13H2,1-2H3,(H,14,15);1-6H3;1-4,9H,5-6H2;1-3H,9H2,(H,10,11). The largest absolute Gasteiger partial charge is 0.500 e. The first-order valence-electron chi connectivity index (χ1n) is 26.6. The van der Waals surface area contributed by atoms with E-state index in [9.17, 15) is 0 Å². The van der Waals surface area contributed by atoms with Crippen molar-refractivity contribution < 1.29 is 32.4 Å². The SMILES string of the molecule is Cc1noc(C)c1-c1cc(N)c2nc[nH]c2c1.Cc1noc(C)c1-c1cc(N)c2ncn(Cc3ccc(C4CO4)cc3)c2c1.Cc1noc(C)c1B1OC(C)(C)C(C)(C)O1.ClCc1ccc(C2CO2)cc1.Nc1cc(Br)cc2[nH]cnc12. The van der Waals surface area contributed by atoms with Crippen molar-refractivity contribution in [2.75, 3.05) is 30.4 Å². The number of epoxide rings is 2. The number of aromatic nitrogens is 9. The van der Waals surface area contributed by atoms with E-state index in [1.54, 1.807) is 12.7 Å². The molecule has 19 nitrogen and oxygen atoms in total. The van der Waals surface area contributed by atoms with Crippen molar-refractivity contribution in [3.63, 3.8) is 0 Å². The van der Waals surface area contributed by atoms with Gasteiger partial charge in [0, 0.05) is 33.5 Å². The van der Waals surface area contributed by atoms with Crippen LogP contribution >= 0.6 is 27.5 Å². The number of aryl methyl sites for hydroxylation is 6. The first kappa shape index (κ1) is 57.4. The number of nitrogen functional groups attached to an aromatic ring is 3. The van der Waals surface area contributed by atoms with Gasteiger partial charge in [0.05, 0.1) is 94.1 Å². The van der Waals surface area contributed by atoms with Crippen molar-refractivity contribution >= 4 is 90.3 Å². The molecule has 0 aliphatic carbocycles. The Balaban J connectivity index is 0.000000120. The van der Waals surface area contributed by atoms with Crippen molar-refractivity contribution in [1.82, 2.24) is 45.0 Å². The zero-order chi connectivity index (χ0) is 58.2. The number of nitrogens with zero attached hydrogens (tertiary/aromatic N) is 7. The Morgan fingerprint density at radius 3 is 1.54 bits per heavy atom. The highest BCUT2D eigenvalue weighted by molar-refractivity contribution is 9.10. The number of hydrogen-bond donors (Lipinski definition) is 5. The highest BCUT2D eigenvalue weighted by atomic mass is 79.9. The Kier molecular flexibility index (Phi) is 16.5. The second-order valence-corrected chi connectivity index (χ2v) is 22.6. The van der Waals surface area contributed by atoms with Crippen LogP contribution in [0.2, 0.25) is 0 Å². The Morgan fingerprint density at radius 2 is 1.06 bits per heavy atom. The molecule has 424 valence electrons. The maximum Gasteiger partial charge on any atom is 0.500 e. The molecule has 3 fully saturated rings. The van der Waals surface area contributed by atoms with Crippen LogP contribution in [0, 0.1) is 41.5 Å². The molecule has 6 aromatic heterocycles. The number of rotatable bonds is 8. The van der Waals surface area contributed by atoms with Gasteiger partial charge in [-0.2, -0.15) is 0 Å². The van der Waals surface area contributed by atoms with Gasteiger partial charge in [0.25, 0.3) is 0 Å². The van der Waals surface area contributed by atoms with Crippen LogP contribution in [0.5, 0.6) is 0 Å².